The number of thiazole rings is 1. The van der Waals surface area contributed by atoms with Gasteiger partial charge in [0.25, 0.3) is 11.8 Å². The molecule has 1 fully saturated rings. The highest BCUT2D eigenvalue weighted by Gasteiger charge is 2.52. The number of thioether (sulfide) groups is 1. The number of fused-ring (bicyclic) bond motifs is 1. The molecule has 9 nitrogen and oxygen atoms in total. The highest BCUT2D eigenvalue weighted by Crippen LogP contribution is 2.49. The van der Waals surface area contributed by atoms with Crippen LogP contribution in [-0.4, -0.2) is 51.5 Å². The van der Waals surface area contributed by atoms with E-state index >= 15 is 0 Å². The Hall–Kier alpha value is -3.72. The van der Waals surface area contributed by atoms with Crippen LogP contribution in [0.25, 0.3) is 0 Å². The van der Waals surface area contributed by atoms with Crippen molar-refractivity contribution in [1.82, 2.24) is 15.3 Å². The van der Waals surface area contributed by atoms with Gasteiger partial charge in [-0.3, -0.25) is 9.59 Å². The Bertz CT molecular complexity index is 1480. The Morgan fingerprint density at radius 3 is 2.73 bits per heavy atom. The van der Waals surface area contributed by atoms with E-state index in [1.54, 1.807) is 36.6 Å². The van der Waals surface area contributed by atoms with Gasteiger partial charge >= 0.3 is 0 Å². The van der Waals surface area contributed by atoms with Crippen LogP contribution in [0.3, 0.4) is 0 Å². The number of aliphatic imine (C=N–C) groups is 1. The molecular formula is C29H29N5O4S2. The first kappa shape index (κ1) is 27.8. The van der Waals surface area contributed by atoms with E-state index in [9.17, 15) is 9.59 Å². The third kappa shape index (κ3) is 6.20. The summed E-state index contributed by atoms with van der Waals surface area (Å²) in [7, 11) is 0. The molecule has 1 saturated heterocycles. The number of benzene rings is 1. The molecule has 2 aromatic heterocycles. The first-order valence-electron chi connectivity index (χ1n) is 12.8. The van der Waals surface area contributed by atoms with Crippen LogP contribution in [0.2, 0.25) is 0 Å². The van der Waals surface area contributed by atoms with Gasteiger partial charge in [-0.05, 0) is 51.5 Å². The zero-order chi connectivity index (χ0) is 28.2. The van der Waals surface area contributed by atoms with Gasteiger partial charge in [0.1, 0.15) is 34.4 Å². The number of aromatic nitrogens is 2. The monoisotopic (exact) mass is 575 g/mol. The van der Waals surface area contributed by atoms with Crippen molar-refractivity contribution in [2.24, 2.45) is 10.9 Å². The minimum atomic E-state index is -0.771. The molecule has 0 aliphatic carbocycles. The molecule has 2 amide bonds. The number of carbonyl (C=O) groups excluding carboxylic acids is 2. The summed E-state index contributed by atoms with van der Waals surface area (Å²) in [4.78, 5) is 39.7. The SMILES string of the molecule is CC#CCOc1ccc(C(=O)Nc2csc(C34COC(C)(C)CC3CSC(NC(=O)c3ccccc3)=N4)n2)nc1. The van der Waals surface area contributed by atoms with E-state index in [2.05, 4.69) is 41.3 Å². The summed E-state index contributed by atoms with van der Waals surface area (Å²) in [6, 6.07) is 12.3. The molecule has 0 spiro atoms. The van der Waals surface area contributed by atoms with Crippen LogP contribution in [0, 0.1) is 17.8 Å². The van der Waals surface area contributed by atoms with Crippen LogP contribution in [-0.2, 0) is 10.3 Å². The normalized spacial score (nSPS) is 21.2. The topological polar surface area (TPSA) is 115 Å². The number of pyridine rings is 1. The van der Waals surface area contributed by atoms with E-state index in [1.807, 2.05) is 18.2 Å². The summed E-state index contributed by atoms with van der Waals surface area (Å²) in [5.41, 5.74) is -0.272. The fourth-order valence-electron chi connectivity index (χ4n) is 4.57. The highest BCUT2D eigenvalue weighted by atomic mass is 32.2. The number of hydrogen-bond donors (Lipinski definition) is 2. The number of amides is 2. The standard InChI is InChI=1S/C29H29N5O4S2/c1-4-5-13-37-21-11-12-22(30-15-21)25(36)31-23-17-39-26(32-23)29-18-38-28(2,3)14-20(29)16-40-27(34-29)33-24(35)19-9-7-6-8-10-19/h6-12,15,17,20H,13-14,16,18H2,1-3H3,(H,31,36)(H,33,34,35). The molecule has 2 N–H and O–H groups in total. The lowest BCUT2D eigenvalue weighted by Crippen LogP contribution is -2.53. The highest BCUT2D eigenvalue weighted by molar-refractivity contribution is 8.13. The molecule has 2 aliphatic rings. The molecule has 2 aliphatic heterocycles. The zero-order valence-corrected chi connectivity index (χ0v) is 24.0. The minimum Gasteiger partial charge on any atom is -0.479 e. The quantitative estimate of drug-likeness (QED) is 0.408. The molecule has 1 aromatic carbocycles. The largest absolute Gasteiger partial charge is 0.479 e. The number of rotatable bonds is 6. The second-order valence-electron chi connectivity index (χ2n) is 10.0. The molecule has 3 aromatic rings. The average molecular weight is 576 g/mol. The van der Waals surface area contributed by atoms with Crippen molar-refractivity contribution in [2.75, 3.05) is 24.3 Å². The molecular weight excluding hydrogens is 546 g/mol. The predicted molar refractivity (Wildman–Crippen MR) is 157 cm³/mol. The molecule has 206 valence electrons. The third-order valence-corrected chi connectivity index (χ3v) is 8.69. The van der Waals surface area contributed by atoms with Gasteiger partial charge in [0.2, 0.25) is 0 Å². The molecule has 0 bridgehead atoms. The Balaban J connectivity index is 1.35. The molecule has 0 saturated carbocycles. The van der Waals surface area contributed by atoms with E-state index in [0.29, 0.717) is 28.9 Å². The second-order valence-corrected chi connectivity index (χ2v) is 11.9. The number of ether oxygens (including phenoxy) is 2. The van der Waals surface area contributed by atoms with Gasteiger partial charge in [-0.15, -0.1) is 17.3 Å². The summed E-state index contributed by atoms with van der Waals surface area (Å²) >= 11 is 2.94. The second kappa shape index (κ2) is 11.8. The van der Waals surface area contributed by atoms with E-state index in [4.69, 9.17) is 19.5 Å². The maximum Gasteiger partial charge on any atom is 0.275 e. The summed E-state index contributed by atoms with van der Waals surface area (Å²) < 4.78 is 11.7. The maximum absolute atomic E-state index is 12.9. The minimum absolute atomic E-state index is 0.139. The lowest BCUT2D eigenvalue weighted by atomic mass is 9.77. The predicted octanol–water partition coefficient (Wildman–Crippen LogP) is 4.74. The van der Waals surface area contributed by atoms with Crippen LogP contribution in [0.1, 0.15) is 53.0 Å². The first-order chi connectivity index (χ1) is 19.3. The summed E-state index contributed by atoms with van der Waals surface area (Å²) in [6.07, 6.45) is 2.27. The molecule has 2 unspecified atom stereocenters. The van der Waals surface area contributed by atoms with Gasteiger partial charge in [0, 0.05) is 22.6 Å². The van der Waals surface area contributed by atoms with Gasteiger partial charge in [-0.1, -0.05) is 35.9 Å². The van der Waals surface area contributed by atoms with Gasteiger partial charge in [0.15, 0.2) is 5.17 Å². The van der Waals surface area contributed by atoms with Crippen LogP contribution in [0.15, 0.2) is 59.0 Å². The van der Waals surface area contributed by atoms with Crippen LogP contribution in [0.4, 0.5) is 5.82 Å². The van der Waals surface area contributed by atoms with Crippen LogP contribution >= 0.6 is 23.1 Å². The van der Waals surface area contributed by atoms with Crippen molar-refractivity contribution >= 4 is 45.9 Å². The lowest BCUT2D eigenvalue weighted by Gasteiger charge is -2.48. The van der Waals surface area contributed by atoms with E-state index in [0.717, 1.165) is 17.2 Å². The molecule has 5 rings (SSSR count). The van der Waals surface area contributed by atoms with Crippen molar-refractivity contribution in [3.05, 3.63) is 70.3 Å². The van der Waals surface area contributed by atoms with Crippen molar-refractivity contribution < 1.29 is 19.1 Å². The number of carbonyl (C=O) groups is 2. The van der Waals surface area contributed by atoms with Gasteiger partial charge < -0.3 is 20.1 Å². The van der Waals surface area contributed by atoms with Crippen molar-refractivity contribution in [3.63, 3.8) is 0 Å². The summed E-state index contributed by atoms with van der Waals surface area (Å²) in [5, 5.41) is 8.85. The Labute approximate surface area is 241 Å². The van der Waals surface area contributed by atoms with E-state index in [1.165, 1.54) is 29.3 Å². The molecule has 40 heavy (non-hydrogen) atoms. The van der Waals surface area contributed by atoms with Gasteiger partial charge in [0.05, 0.1) is 18.4 Å². The van der Waals surface area contributed by atoms with Crippen LogP contribution in [0.5, 0.6) is 5.75 Å². The van der Waals surface area contributed by atoms with E-state index in [-0.39, 0.29) is 35.6 Å². The molecule has 11 heteroatoms. The zero-order valence-electron chi connectivity index (χ0n) is 22.4. The number of nitrogens with zero attached hydrogens (tertiary/aromatic N) is 3. The number of anilines is 1. The average Bonchev–Trinajstić information content (AvgIpc) is 3.43. The first-order valence-corrected chi connectivity index (χ1v) is 14.6. The number of nitrogens with one attached hydrogen (secondary N) is 2. The molecule has 0 radical (unpaired) electrons. The number of hydrogen-bond acceptors (Lipinski definition) is 9. The van der Waals surface area contributed by atoms with Crippen molar-refractivity contribution in [3.8, 4) is 17.6 Å². The lowest BCUT2D eigenvalue weighted by molar-refractivity contribution is -0.109. The Kier molecular flexibility index (Phi) is 8.21. The van der Waals surface area contributed by atoms with Crippen molar-refractivity contribution in [1.29, 1.82) is 0 Å². The fraction of sp³-hybridized carbons (Fsp3) is 0.345. The Morgan fingerprint density at radius 1 is 1.15 bits per heavy atom. The summed E-state index contributed by atoms with van der Waals surface area (Å²) in [6.45, 7) is 6.47. The molecule has 2 atom stereocenters. The fourth-order valence-corrected chi connectivity index (χ4v) is 6.67. The van der Waals surface area contributed by atoms with Crippen LogP contribution < -0.4 is 15.4 Å². The maximum atomic E-state index is 12.9. The molecule has 4 heterocycles. The van der Waals surface area contributed by atoms with Gasteiger partial charge in [-0.2, -0.15) is 0 Å². The Morgan fingerprint density at radius 2 is 1.98 bits per heavy atom. The smallest absolute Gasteiger partial charge is 0.275 e. The van der Waals surface area contributed by atoms with E-state index < -0.39 is 5.54 Å². The van der Waals surface area contributed by atoms with Gasteiger partial charge in [-0.25, -0.2) is 15.0 Å². The number of amidine groups is 1. The van der Waals surface area contributed by atoms with Crippen molar-refractivity contribution in [2.45, 2.75) is 38.3 Å². The third-order valence-electron chi connectivity index (χ3n) is 6.65. The summed E-state index contributed by atoms with van der Waals surface area (Å²) in [5.74, 6) is 6.80.